The van der Waals surface area contributed by atoms with Crippen LogP contribution in [0.2, 0.25) is 0 Å². The molecule has 0 heterocycles. The summed E-state index contributed by atoms with van der Waals surface area (Å²) >= 11 is 0. The number of unbranched alkanes of at least 4 members (excludes halogenated alkanes) is 1. The minimum absolute atomic E-state index is 0.168. The zero-order valence-electron chi connectivity index (χ0n) is 12.4. The predicted octanol–water partition coefficient (Wildman–Crippen LogP) is 3.12. The molecule has 1 amide bonds. The van der Waals surface area contributed by atoms with Crippen LogP contribution in [0.25, 0.3) is 0 Å². The highest BCUT2D eigenvalue weighted by molar-refractivity contribution is 5.78. The lowest BCUT2D eigenvalue weighted by molar-refractivity contribution is -0.125. The number of rotatable bonds is 11. The van der Waals surface area contributed by atoms with Crippen molar-refractivity contribution in [2.75, 3.05) is 13.2 Å². The monoisotopic (exact) mass is 257 g/mol. The van der Waals surface area contributed by atoms with Gasteiger partial charge < -0.3 is 10.4 Å². The maximum Gasteiger partial charge on any atom is 0.223 e. The third-order valence-electron chi connectivity index (χ3n) is 3.57. The van der Waals surface area contributed by atoms with Crippen LogP contribution in [0.15, 0.2) is 0 Å². The van der Waals surface area contributed by atoms with Crippen molar-refractivity contribution in [3.8, 4) is 0 Å². The number of carbonyl (C=O) groups excluding carboxylic acids is 1. The largest absolute Gasteiger partial charge is 0.396 e. The van der Waals surface area contributed by atoms with Crippen LogP contribution in [0.5, 0.6) is 0 Å². The summed E-state index contributed by atoms with van der Waals surface area (Å²) in [6.07, 6.45) is 7.16. The molecule has 0 fully saturated rings. The van der Waals surface area contributed by atoms with Crippen molar-refractivity contribution in [1.29, 1.82) is 0 Å². The first kappa shape index (κ1) is 17.4. The number of hydrogen-bond donors (Lipinski definition) is 2. The molecule has 0 saturated carbocycles. The fourth-order valence-electron chi connectivity index (χ4n) is 2.30. The van der Waals surface area contributed by atoms with Crippen LogP contribution >= 0.6 is 0 Å². The SMILES string of the molecule is CCCCC(CC)C(=O)NCC(CCC)CCO. The summed E-state index contributed by atoms with van der Waals surface area (Å²) in [7, 11) is 0. The van der Waals surface area contributed by atoms with E-state index in [1.807, 2.05) is 0 Å². The lowest BCUT2D eigenvalue weighted by Crippen LogP contribution is -2.34. The fourth-order valence-corrected chi connectivity index (χ4v) is 2.30. The second-order valence-electron chi connectivity index (χ2n) is 5.16. The molecule has 0 rings (SSSR count). The molecular formula is C15H31NO2. The summed E-state index contributed by atoms with van der Waals surface area (Å²) in [6, 6.07) is 0. The summed E-state index contributed by atoms with van der Waals surface area (Å²) in [4.78, 5) is 12.0. The summed E-state index contributed by atoms with van der Waals surface area (Å²) in [6.45, 7) is 7.31. The van der Waals surface area contributed by atoms with Crippen LogP contribution in [-0.4, -0.2) is 24.2 Å². The van der Waals surface area contributed by atoms with Gasteiger partial charge in [-0.3, -0.25) is 4.79 Å². The van der Waals surface area contributed by atoms with Gasteiger partial charge in [0.2, 0.25) is 5.91 Å². The van der Waals surface area contributed by atoms with Crippen molar-refractivity contribution in [2.45, 2.75) is 65.7 Å². The molecule has 2 atom stereocenters. The Kier molecular flexibility index (Phi) is 11.2. The Balaban J connectivity index is 4.02. The van der Waals surface area contributed by atoms with Gasteiger partial charge in [0.15, 0.2) is 0 Å². The minimum atomic E-state index is 0.168. The topological polar surface area (TPSA) is 49.3 Å². The molecule has 0 aromatic carbocycles. The molecule has 0 bridgehead atoms. The molecule has 18 heavy (non-hydrogen) atoms. The van der Waals surface area contributed by atoms with E-state index in [9.17, 15) is 4.79 Å². The van der Waals surface area contributed by atoms with Gasteiger partial charge in [0.1, 0.15) is 0 Å². The van der Waals surface area contributed by atoms with E-state index in [4.69, 9.17) is 5.11 Å². The van der Waals surface area contributed by atoms with E-state index in [0.717, 1.165) is 51.5 Å². The Hall–Kier alpha value is -0.570. The average Bonchev–Trinajstić information content (AvgIpc) is 2.37. The van der Waals surface area contributed by atoms with Crippen molar-refractivity contribution >= 4 is 5.91 Å². The molecule has 0 radical (unpaired) electrons. The third-order valence-corrected chi connectivity index (χ3v) is 3.57. The Labute approximate surface area is 112 Å². The Bertz CT molecular complexity index is 201. The first-order valence-electron chi connectivity index (χ1n) is 7.58. The van der Waals surface area contributed by atoms with Crippen LogP contribution < -0.4 is 5.32 Å². The van der Waals surface area contributed by atoms with Gasteiger partial charge in [0.25, 0.3) is 0 Å². The molecule has 2 unspecified atom stereocenters. The highest BCUT2D eigenvalue weighted by atomic mass is 16.3. The molecule has 108 valence electrons. The van der Waals surface area contributed by atoms with E-state index in [2.05, 4.69) is 26.1 Å². The first-order valence-corrected chi connectivity index (χ1v) is 7.58. The van der Waals surface area contributed by atoms with Crippen molar-refractivity contribution in [3.63, 3.8) is 0 Å². The molecule has 3 heteroatoms. The number of aliphatic hydroxyl groups excluding tert-OH is 1. The van der Waals surface area contributed by atoms with Gasteiger partial charge in [-0.2, -0.15) is 0 Å². The molecule has 0 aromatic rings. The quantitative estimate of drug-likeness (QED) is 0.597. The number of amides is 1. The lowest BCUT2D eigenvalue weighted by atomic mass is 9.97. The van der Waals surface area contributed by atoms with Gasteiger partial charge in [-0.1, -0.05) is 40.0 Å². The Morgan fingerprint density at radius 2 is 1.83 bits per heavy atom. The van der Waals surface area contributed by atoms with Crippen LogP contribution in [0.4, 0.5) is 0 Å². The average molecular weight is 257 g/mol. The molecule has 0 aliphatic carbocycles. The molecule has 0 saturated heterocycles. The molecule has 0 aliphatic rings. The number of hydrogen-bond acceptors (Lipinski definition) is 2. The standard InChI is InChI=1S/C15H31NO2/c1-4-7-9-14(6-3)15(18)16-12-13(8-5-2)10-11-17/h13-14,17H,4-12H2,1-3H3,(H,16,18). The van der Waals surface area contributed by atoms with Crippen molar-refractivity contribution in [3.05, 3.63) is 0 Å². The number of nitrogens with one attached hydrogen (secondary N) is 1. The van der Waals surface area contributed by atoms with E-state index in [0.29, 0.717) is 5.92 Å². The smallest absolute Gasteiger partial charge is 0.223 e. The minimum Gasteiger partial charge on any atom is -0.396 e. The maximum absolute atomic E-state index is 12.0. The van der Waals surface area contributed by atoms with Crippen molar-refractivity contribution < 1.29 is 9.90 Å². The molecular weight excluding hydrogens is 226 g/mol. The van der Waals surface area contributed by atoms with E-state index >= 15 is 0 Å². The predicted molar refractivity (Wildman–Crippen MR) is 76.4 cm³/mol. The van der Waals surface area contributed by atoms with E-state index in [1.165, 1.54) is 0 Å². The highest BCUT2D eigenvalue weighted by Gasteiger charge is 2.16. The molecule has 3 nitrogen and oxygen atoms in total. The van der Waals surface area contributed by atoms with Crippen LogP contribution in [0, 0.1) is 11.8 Å². The Morgan fingerprint density at radius 1 is 1.11 bits per heavy atom. The molecule has 0 aliphatic heterocycles. The van der Waals surface area contributed by atoms with Crippen molar-refractivity contribution in [2.24, 2.45) is 11.8 Å². The van der Waals surface area contributed by atoms with Gasteiger partial charge in [0, 0.05) is 19.1 Å². The summed E-state index contributed by atoms with van der Waals surface area (Å²) in [5.74, 6) is 0.791. The Morgan fingerprint density at radius 3 is 2.33 bits per heavy atom. The van der Waals surface area contributed by atoms with E-state index in [-0.39, 0.29) is 18.4 Å². The molecule has 2 N–H and O–H groups in total. The zero-order valence-corrected chi connectivity index (χ0v) is 12.4. The van der Waals surface area contributed by atoms with Gasteiger partial charge in [-0.25, -0.2) is 0 Å². The van der Waals surface area contributed by atoms with Crippen LogP contribution in [0.1, 0.15) is 65.7 Å². The number of aliphatic hydroxyl groups is 1. The van der Waals surface area contributed by atoms with Gasteiger partial charge in [-0.15, -0.1) is 0 Å². The van der Waals surface area contributed by atoms with Gasteiger partial charge in [0.05, 0.1) is 0 Å². The van der Waals surface area contributed by atoms with E-state index in [1.54, 1.807) is 0 Å². The second kappa shape index (κ2) is 11.5. The summed E-state index contributed by atoms with van der Waals surface area (Å²) < 4.78 is 0. The zero-order chi connectivity index (χ0) is 13.8. The highest BCUT2D eigenvalue weighted by Crippen LogP contribution is 2.14. The van der Waals surface area contributed by atoms with Crippen LogP contribution in [0.3, 0.4) is 0 Å². The van der Waals surface area contributed by atoms with E-state index < -0.39 is 0 Å². The summed E-state index contributed by atoms with van der Waals surface area (Å²) in [5.41, 5.74) is 0. The summed E-state index contributed by atoms with van der Waals surface area (Å²) in [5, 5.41) is 12.0. The lowest BCUT2D eigenvalue weighted by Gasteiger charge is -2.19. The molecule has 0 spiro atoms. The normalized spacial score (nSPS) is 14.2. The van der Waals surface area contributed by atoms with Crippen molar-refractivity contribution in [1.82, 2.24) is 5.32 Å². The first-order chi connectivity index (χ1) is 8.69. The number of carbonyl (C=O) groups is 1. The molecule has 0 aromatic heterocycles. The third kappa shape index (κ3) is 7.70. The van der Waals surface area contributed by atoms with Gasteiger partial charge >= 0.3 is 0 Å². The van der Waals surface area contributed by atoms with Crippen LogP contribution in [-0.2, 0) is 4.79 Å². The second-order valence-corrected chi connectivity index (χ2v) is 5.16. The van der Waals surface area contributed by atoms with Gasteiger partial charge in [-0.05, 0) is 31.6 Å². The fraction of sp³-hybridized carbons (Fsp3) is 0.933. The maximum atomic E-state index is 12.0.